The van der Waals surface area contributed by atoms with Crippen molar-refractivity contribution in [1.82, 2.24) is 30.2 Å². The number of hydrogen-bond donors (Lipinski definition) is 1. The summed E-state index contributed by atoms with van der Waals surface area (Å²) >= 11 is 3.77. The van der Waals surface area contributed by atoms with E-state index in [0.717, 1.165) is 33.5 Å². The first-order chi connectivity index (χ1) is 13.4. The van der Waals surface area contributed by atoms with E-state index in [9.17, 15) is 0 Å². The first-order valence-electron chi connectivity index (χ1n) is 9.53. The lowest BCUT2D eigenvalue weighted by atomic mass is 9.93. The summed E-state index contributed by atoms with van der Waals surface area (Å²) < 4.78 is 2.79. The summed E-state index contributed by atoms with van der Waals surface area (Å²) in [5, 5.41) is 14.7. The van der Waals surface area contributed by atoms with Crippen LogP contribution < -0.4 is 5.32 Å². The third-order valence-electron chi connectivity index (χ3n) is 4.70. The van der Waals surface area contributed by atoms with Crippen molar-refractivity contribution in [3.05, 3.63) is 46.0 Å². The molecule has 0 saturated heterocycles. The van der Waals surface area contributed by atoms with Crippen LogP contribution in [-0.4, -0.2) is 36.7 Å². The number of benzene rings is 1. The third kappa shape index (κ3) is 4.38. The molecule has 1 atom stereocenters. The molecule has 148 valence electrons. The maximum absolute atomic E-state index is 4.85. The zero-order chi connectivity index (χ0) is 20.3. The maximum Gasteiger partial charge on any atom is 0.223 e. The van der Waals surface area contributed by atoms with Gasteiger partial charge in [-0.1, -0.05) is 48.8 Å². The van der Waals surface area contributed by atoms with Crippen molar-refractivity contribution in [2.75, 3.05) is 11.9 Å². The lowest BCUT2D eigenvalue weighted by molar-refractivity contribution is 0.519. The zero-order valence-corrected chi connectivity index (χ0v) is 18.5. The molecule has 28 heavy (non-hydrogen) atoms. The molecule has 1 N–H and O–H groups in total. The second kappa shape index (κ2) is 8.77. The predicted molar refractivity (Wildman–Crippen MR) is 114 cm³/mol. The van der Waals surface area contributed by atoms with Crippen molar-refractivity contribution in [3.8, 4) is 11.1 Å². The standard InChI is InChI=1S/C20H26BrN7/c1-6-22-20-24-14(5)18(16-8-7-15(12(2)3)9-17(16)21)19(25-20)13(4)10-28-11-23-26-27-28/h7-9,11-13H,6,10H2,1-5H3,(H,22,24,25). The van der Waals surface area contributed by atoms with Gasteiger partial charge in [0.1, 0.15) is 6.33 Å². The molecule has 3 aromatic rings. The molecule has 0 bridgehead atoms. The molecule has 0 spiro atoms. The molecule has 3 rings (SSSR count). The predicted octanol–water partition coefficient (Wildman–Crippen LogP) is 4.56. The van der Waals surface area contributed by atoms with Crippen molar-refractivity contribution in [3.63, 3.8) is 0 Å². The van der Waals surface area contributed by atoms with E-state index in [1.54, 1.807) is 11.0 Å². The van der Waals surface area contributed by atoms with E-state index in [0.29, 0.717) is 18.4 Å². The summed E-state index contributed by atoms with van der Waals surface area (Å²) in [6.45, 7) is 12.0. The van der Waals surface area contributed by atoms with Gasteiger partial charge in [0, 0.05) is 22.5 Å². The highest BCUT2D eigenvalue weighted by Crippen LogP contribution is 2.37. The molecule has 0 aliphatic rings. The highest BCUT2D eigenvalue weighted by Gasteiger charge is 2.21. The molecular weight excluding hydrogens is 418 g/mol. The van der Waals surface area contributed by atoms with Crippen LogP contribution in [0.1, 0.15) is 56.5 Å². The van der Waals surface area contributed by atoms with Crippen LogP contribution in [0.5, 0.6) is 0 Å². The molecule has 0 fully saturated rings. The van der Waals surface area contributed by atoms with Crippen molar-refractivity contribution >= 4 is 21.9 Å². The summed E-state index contributed by atoms with van der Waals surface area (Å²) in [7, 11) is 0. The molecule has 2 aromatic heterocycles. The summed E-state index contributed by atoms with van der Waals surface area (Å²) in [6.07, 6.45) is 1.63. The third-order valence-corrected chi connectivity index (χ3v) is 5.36. The largest absolute Gasteiger partial charge is 0.354 e. The fraction of sp³-hybridized carbons (Fsp3) is 0.450. The quantitative estimate of drug-likeness (QED) is 0.576. The Hall–Kier alpha value is -2.35. The first-order valence-corrected chi connectivity index (χ1v) is 10.3. The molecule has 7 nitrogen and oxygen atoms in total. The van der Waals surface area contributed by atoms with Gasteiger partial charge < -0.3 is 5.32 Å². The van der Waals surface area contributed by atoms with E-state index in [2.05, 4.69) is 80.7 Å². The van der Waals surface area contributed by atoms with E-state index >= 15 is 0 Å². The topological polar surface area (TPSA) is 81.4 Å². The molecule has 2 heterocycles. The van der Waals surface area contributed by atoms with Crippen LogP contribution in [-0.2, 0) is 6.54 Å². The molecule has 0 aliphatic carbocycles. The summed E-state index contributed by atoms with van der Waals surface area (Å²) in [4.78, 5) is 9.54. The Kier molecular flexibility index (Phi) is 6.39. The average molecular weight is 444 g/mol. The van der Waals surface area contributed by atoms with Gasteiger partial charge in [0.2, 0.25) is 5.95 Å². The van der Waals surface area contributed by atoms with Crippen LogP contribution in [0.3, 0.4) is 0 Å². The van der Waals surface area contributed by atoms with E-state index in [1.165, 1.54) is 5.56 Å². The minimum atomic E-state index is 0.106. The Morgan fingerprint density at radius 3 is 2.57 bits per heavy atom. The van der Waals surface area contributed by atoms with Gasteiger partial charge in [-0.3, -0.25) is 0 Å². The monoisotopic (exact) mass is 443 g/mol. The van der Waals surface area contributed by atoms with Crippen LogP contribution in [0.4, 0.5) is 5.95 Å². The number of tetrazole rings is 1. The summed E-state index contributed by atoms with van der Waals surface area (Å²) in [6, 6.07) is 6.52. The lowest BCUT2D eigenvalue weighted by Crippen LogP contribution is -2.14. The second-order valence-corrected chi connectivity index (χ2v) is 8.10. The Morgan fingerprint density at radius 2 is 1.96 bits per heavy atom. The van der Waals surface area contributed by atoms with Gasteiger partial charge in [-0.2, -0.15) is 0 Å². The van der Waals surface area contributed by atoms with Crippen LogP contribution in [0.15, 0.2) is 29.0 Å². The number of halogens is 1. The average Bonchev–Trinajstić information content (AvgIpc) is 3.15. The number of aromatic nitrogens is 6. The van der Waals surface area contributed by atoms with Crippen LogP contribution >= 0.6 is 15.9 Å². The highest BCUT2D eigenvalue weighted by molar-refractivity contribution is 9.10. The Bertz CT molecular complexity index is 938. The number of hydrogen-bond acceptors (Lipinski definition) is 6. The van der Waals surface area contributed by atoms with E-state index in [4.69, 9.17) is 4.98 Å². The summed E-state index contributed by atoms with van der Waals surface area (Å²) in [5.41, 5.74) is 5.38. The summed E-state index contributed by atoms with van der Waals surface area (Å²) in [5.74, 6) is 1.23. The molecule has 0 amide bonds. The molecular formula is C20H26BrN7. The van der Waals surface area contributed by atoms with Gasteiger partial charge in [-0.25, -0.2) is 14.6 Å². The van der Waals surface area contributed by atoms with Crippen molar-refractivity contribution in [1.29, 1.82) is 0 Å². The number of anilines is 1. The maximum atomic E-state index is 4.85. The Morgan fingerprint density at radius 1 is 1.18 bits per heavy atom. The van der Waals surface area contributed by atoms with E-state index < -0.39 is 0 Å². The Balaban J connectivity index is 2.11. The first kappa shape index (κ1) is 20.4. The Labute approximate surface area is 174 Å². The molecule has 0 radical (unpaired) electrons. The van der Waals surface area contributed by atoms with Gasteiger partial charge in [-0.05, 0) is 47.4 Å². The zero-order valence-electron chi connectivity index (χ0n) is 16.9. The fourth-order valence-corrected chi connectivity index (χ4v) is 3.84. The van der Waals surface area contributed by atoms with Gasteiger partial charge in [-0.15, -0.1) is 5.10 Å². The second-order valence-electron chi connectivity index (χ2n) is 7.25. The van der Waals surface area contributed by atoms with Crippen molar-refractivity contribution < 1.29 is 0 Å². The lowest BCUT2D eigenvalue weighted by Gasteiger charge is -2.20. The normalized spacial score (nSPS) is 12.4. The molecule has 1 aromatic carbocycles. The smallest absolute Gasteiger partial charge is 0.223 e. The molecule has 0 saturated carbocycles. The minimum absolute atomic E-state index is 0.106. The van der Waals surface area contributed by atoms with E-state index in [1.807, 2.05) is 13.8 Å². The van der Waals surface area contributed by atoms with Gasteiger partial charge >= 0.3 is 0 Å². The van der Waals surface area contributed by atoms with Crippen LogP contribution in [0.25, 0.3) is 11.1 Å². The van der Waals surface area contributed by atoms with Crippen molar-refractivity contribution in [2.24, 2.45) is 0 Å². The highest BCUT2D eigenvalue weighted by atomic mass is 79.9. The SMILES string of the molecule is CCNc1nc(C)c(-c2ccc(C(C)C)cc2Br)c(C(C)Cn2cnnn2)n1. The molecule has 1 unspecified atom stereocenters. The number of aryl methyl sites for hydroxylation is 1. The van der Waals surface area contributed by atoms with Crippen molar-refractivity contribution in [2.45, 2.75) is 53.0 Å². The van der Waals surface area contributed by atoms with Crippen LogP contribution in [0, 0.1) is 6.92 Å². The van der Waals surface area contributed by atoms with Gasteiger partial charge in [0.25, 0.3) is 0 Å². The number of nitrogens with one attached hydrogen (secondary N) is 1. The van der Waals surface area contributed by atoms with Gasteiger partial charge in [0.05, 0.1) is 17.9 Å². The van der Waals surface area contributed by atoms with Crippen LogP contribution in [0.2, 0.25) is 0 Å². The van der Waals surface area contributed by atoms with Gasteiger partial charge in [0.15, 0.2) is 0 Å². The molecule has 0 aliphatic heterocycles. The molecule has 8 heteroatoms. The number of rotatable bonds is 7. The van der Waals surface area contributed by atoms with E-state index in [-0.39, 0.29) is 5.92 Å². The minimum Gasteiger partial charge on any atom is -0.354 e. The fourth-order valence-electron chi connectivity index (χ4n) is 3.25. The number of nitrogens with zero attached hydrogens (tertiary/aromatic N) is 6.